The van der Waals surface area contributed by atoms with Crippen LogP contribution in [0.5, 0.6) is 0 Å². The third-order valence-corrected chi connectivity index (χ3v) is 5.64. The SMILES string of the molecule is O=C(Nc1ccc(-c2ccccc2)cc1)OCCC(OC(=O)Nc1ccccc1)SCS. The lowest BCUT2D eigenvalue weighted by atomic mass is 10.1. The molecule has 0 saturated carbocycles. The number of anilines is 2. The maximum absolute atomic E-state index is 12.1. The molecule has 0 radical (unpaired) electrons. The molecule has 0 spiro atoms. The van der Waals surface area contributed by atoms with E-state index in [-0.39, 0.29) is 6.61 Å². The minimum Gasteiger partial charge on any atom is -0.449 e. The van der Waals surface area contributed by atoms with E-state index in [1.807, 2.05) is 72.8 Å². The van der Waals surface area contributed by atoms with E-state index < -0.39 is 17.6 Å². The third-order valence-electron chi connectivity index (χ3n) is 4.34. The summed E-state index contributed by atoms with van der Waals surface area (Å²) in [6, 6.07) is 26.5. The van der Waals surface area contributed by atoms with E-state index in [9.17, 15) is 9.59 Å². The van der Waals surface area contributed by atoms with Crippen molar-refractivity contribution < 1.29 is 19.1 Å². The van der Waals surface area contributed by atoms with Gasteiger partial charge < -0.3 is 9.47 Å². The van der Waals surface area contributed by atoms with Gasteiger partial charge in [0, 0.05) is 22.9 Å². The Morgan fingerprint density at radius 1 is 0.781 bits per heavy atom. The second-order valence-corrected chi connectivity index (χ2v) is 8.51. The summed E-state index contributed by atoms with van der Waals surface area (Å²) in [7, 11) is 0. The van der Waals surface area contributed by atoms with Crippen LogP contribution in [-0.2, 0) is 9.47 Å². The zero-order valence-corrected chi connectivity index (χ0v) is 19.0. The summed E-state index contributed by atoms with van der Waals surface area (Å²) >= 11 is 5.52. The van der Waals surface area contributed by atoms with Crippen molar-refractivity contribution in [2.24, 2.45) is 0 Å². The van der Waals surface area contributed by atoms with Crippen LogP contribution in [0.2, 0.25) is 0 Å². The summed E-state index contributed by atoms with van der Waals surface area (Å²) in [6.07, 6.45) is -0.798. The Morgan fingerprint density at radius 3 is 2.00 bits per heavy atom. The van der Waals surface area contributed by atoms with Crippen molar-refractivity contribution in [2.75, 3.05) is 22.3 Å². The van der Waals surface area contributed by atoms with Crippen LogP contribution >= 0.6 is 24.4 Å². The van der Waals surface area contributed by atoms with Gasteiger partial charge in [-0.2, -0.15) is 12.6 Å². The van der Waals surface area contributed by atoms with Gasteiger partial charge in [0.2, 0.25) is 0 Å². The zero-order valence-electron chi connectivity index (χ0n) is 17.3. The Bertz CT molecular complexity index is 986. The van der Waals surface area contributed by atoms with E-state index in [4.69, 9.17) is 9.47 Å². The van der Waals surface area contributed by atoms with Crippen LogP contribution in [-0.4, -0.2) is 29.3 Å². The predicted octanol–water partition coefficient (Wildman–Crippen LogP) is 6.49. The quantitative estimate of drug-likeness (QED) is 0.247. The van der Waals surface area contributed by atoms with Crippen LogP contribution in [0.3, 0.4) is 0 Å². The Hall–Kier alpha value is -3.10. The van der Waals surface area contributed by atoms with E-state index >= 15 is 0 Å². The molecule has 3 aromatic rings. The van der Waals surface area contributed by atoms with Gasteiger partial charge in [-0.15, -0.1) is 11.8 Å². The summed E-state index contributed by atoms with van der Waals surface area (Å²) in [6.45, 7) is 0.0952. The van der Waals surface area contributed by atoms with Crippen molar-refractivity contribution in [3.8, 4) is 11.1 Å². The maximum Gasteiger partial charge on any atom is 0.412 e. The van der Waals surface area contributed by atoms with Gasteiger partial charge >= 0.3 is 12.2 Å². The second-order valence-electron chi connectivity index (χ2n) is 6.61. The van der Waals surface area contributed by atoms with Gasteiger partial charge in [-0.1, -0.05) is 60.7 Å². The summed E-state index contributed by atoms with van der Waals surface area (Å²) in [5.41, 5.74) is 2.94. The average Bonchev–Trinajstić information content (AvgIpc) is 2.81. The van der Waals surface area contributed by atoms with Crippen LogP contribution in [0.1, 0.15) is 6.42 Å². The van der Waals surface area contributed by atoms with E-state index in [2.05, 4.69) is 23.3 Å². The first-order valence-electron chi connectivity index (χ1n) is 9.98. The summed E-state index contributed by atoms with van der Waals surface area (Å²) in [5.74, 6) is 0. The largest absolute Gasteiger partial charge is 0.449 e. The average molecular weight is 469 g/mol. The molecule has 0 aliphatic carbocycles. The fourth-order valence-corrected chi connectivity index (χ4v) is 3.91. The molecule has 32 heavy (non-hydrogen) atoms. The van der Waals surface area contributed by atoms with Crippen LogP contribution < -0.4 is 10.6 Å². The highest BCUT2D eigenvalue weighted by Gasteiger charge is 2.16. The Morgan fingerprint density at radius 2 is 1.34 bits per heavy atom. The number of nitrogens with one attached hydrogen (secondary N) is 2. The molecule has 0 aliphatic rings. The molecule has 3 aromatic carbocycles. The molecular formula is C24H24N2O4S2. The number of hydrogen-bond acceptors (Lipinski definition) is 6. The topological polar surface area (TPSA) is 76.7 Å². The van der Waals surface area contributed by atoms with Crippen molar-refractivity contribution in [1.82, 2.24) is 0 Å². The standard InChI is InChI=1S/C24H24N2O4S2/c27-23(25-21-13-11-19(12-14-21)18-7-3-1-4-8-18)29-16-15-22(32-17-31)30-24(28)26-20-9-5-2-6-10-20/h1-14,22,31H,15-17H2,(H,25,27)(H,26,28). The maximum atomic E-state index is 12.1. The van der Waals surface area contributed by atoms with Gasteiger partial charge in [0.1, 0.15) is 0 Å². The van der Waals surface area contributed by atoms with E-state index in [0.29, 0.717) is 22.9 Å². The molecule has 2 N–H and O–H groups in total. The lowest BCUT2D eigenvalue weighted by Crippen LogP contribution is -2.23. The fourth-order valence-electron chi connectivity index (χ4n) is 2.83. The number of hydrogen-bond donors (Lipinski definition) is 3. The van der Waals surface area contributed by atoms with Crippen molar-refractivity contribution in [2.45, 2.75) is 11.9 Å². The Balaban J connectivity index is 1.42. The minimum atomic E-state index is -0.571. The molecule has 2 amide bonds. The van der Waals surface area contributed by atoms with Crippen LogP contribution in [0.25, 0.3) is 11.1 Å². The zero-order chi connectivity index (χ0) is 22.6. The van der Waals surface area contributed by atoms with E-state index in [1.54, 1.807) is 12.1 Å². The van der Waals surface area contributed by atoms with Crippen LogP contribution in [0, 0.1) is 0 Å². The summed E-state index contributed by atoms with van der Waals surface area (Å²) in [5, 5.41) is 5.82. The molecule has 0 heterocycles. The van der Waals surface area contributed by atoms with Gasteiger partial charge in [-0.05, 0) is 35.4 Å². The highest BCUT2D eigenvalue weighted by Crippen LogP contribution is 2.21. The molecule has 1 atom stereocenters. The fraction of sp³-hybridized carbons (Fsp3) is 0.167. The van der Waals surface area contributed by atoms with Gasteiger partial charge in [0.25, 0.3) is 0 Å². The molecule has 0 fully saturated rings. The van der Waals surface area contributed by atoms with Crippen LogP contribution in [0.4, 0.5) is 21.0 Å². The third kappa shape index (κ3) is 7.86. The minimum absolute atomic E-state index is 0.0952. The normalized spacial score (nSPS) is 11.3. The smallest absolute Gasteiger partial charge is 0.412 e. The molecule has 0 bridgehead atoms. The van der Waals surface area contributed by atoms with Gasteiger partial charge in [-0.25, -0.2) is 9.59 Å². The Labute approximate surface area is 197 Å². The number of thioether (sulfide) groups is 1. The summed E-state index contributed by atoms with van der Waals surface area (Å²) in [4.78, 5) is 24.2. The molecule has 3 rings (SSSR count). The molecule has 1 unspecified atom stereocenters. The van der Waals surface area contributed by atoms with Crippen molar-refractivity contribution in [3.63, 3.8) is 0 Å². The monoisotopic (exact) mass is 468 g/mol. The number of carbonyl (C=O) groups excluding carboxylic acids is 2. The summed E-state index contributed by atoms with van der Waals surface area (Å²) < 4.78 is 10.6. The van der Waals surface area contributed by atoms with Crippen molar-refractivity contribution in [3.05, 3.63) is 84.9 Å². The Kier molecular flexibility index (Phi) is 9.34. The molecular weight excluding hydrogens is 444 g/mol. The molecule has 8 heteroatoms. The number of para-hydroxylation sites is 1. The number of rotatable bonds is 9. The highest BCUT2D eigenvalue weighted by atomic mass is 32.2. The van der Waals surface area contributed by atoms with Gasteiger partial charge in [0.15, 0.2) is 5.44 Å². The molecule has 0 aliphatic heterocycles. The van der Waals surface area contributed by atoms with Crippen molar-refractivity contribution >= 4 is 48.0 Å². The molecule has 0 saturated heterocycles. The second kappa shape index (κ2) is 12.7. The predicted molar refractivity (Wildman–Crippen MR) is 133 cm³/mol. The first kappa shape index (κ1) is 23.6. The number of amides is 2. The number of benzene rings is 3. The first-order chi connectivity index (χ1) is 15.6. The molecule has 166 valence electrons. The number of ether oxygens (including phenoxy) is 2. The van der Waals surface area contributed by atoms with Crippen molar-refractivity contribution in [1.29, 1.82) is 0 Å². The highest BCUT2D eigenvalue weighted by molar-refractivity contribution is 8.09. The van der Waals surface area contributed by atoms with Gasteiger partial charge in [0.05, 0.1) is 6.61 Å². The van der Waals surface area contributed by atoms with E-state index in [0.717, 1.165) is 11.1 Å². The van der Waals surface area contributed by atoms with Gasteiger partial charge in [-0.3, -0.25) is 10.6 Å². The number of carbonyl (C=O) groups is 2. The lowest BCUT2D eigenvalue weighted by Gasteiger charge is -2.17. The van der Waals surface area contributed by atoms with Crippen LogP contribution in [0.15, 0.2) is 84.9 Å². The van der Waals surface area contributed by atoms with E-state index in [1.165, 1.54) is 11.8 Å². The molecule has 0 aromatic heterocycles. The molecule has 6 nitrogen and oxygen atoms in total. The lowest BCUT2D eigenvalue weighted by molar-refractivity contribution is 0.122. The first-order valence-corrected chi connectivity index (χ1v) is 11.7. The number of thiol groups is 1.